The largest absolute Gasteiger partial charge is 0.491 e. The number of hydrogen-bond acceptors (Lipinski definition) is 3. The van der Waals surface area contributed by atoms with E-state index in [1.807, 2.05) is 38.1 Å². The Hall–Kier alpha value is -1.84. The highest BCUT2D eigenvalue weighted by Crippen LogP contribution is 2.30. The van der Waals surface area contributed by atoms with E-state index in [9.17, 15) is 0 Å². The van der Waals surface area contributed by atoms with Gasteiger partial charge in [-0.25, -0.2) is 5.43 Å². The number of benzene rings is 2. The third-order valence-corrected chi connectivity index (χ3v) is 3.17. The van der Waals surface area contributed by atoms with E-state index in [0.717, 1.165) is 16.9 Å². The minimum atomic E-state index is -0.0782. The van der Waals surface area contributed by atoms with Gasteiger partial charge in [0.25, 0.3) is 0 Å². The van der Waals surface area contributed by atoms with Gasteiger partial charge in [-0.3, -0.25) is 5.84 Å². The van der Waals surface area contributed by atoms with E-state index in [1.165, 1.54) is 5.56 Å². The molecule has 0 aliphatic carbocycles. The lowest BCUT2D eigenvalue weighted by Gasteiger charge is -2.21. The van der Waals surface area contributed by atoms with Crippen molar-refractivity contribution in [2.75, 3.05) is 0 Å². The Labute approximate surface area is 120 Å². The van der Waals surface area contributed by atoms with Crippen LogP contribution in [0.3, 0.4) is 0 Å². The van der Waals surface area contributed by atoms with Crippen LogP contribution in [-0.2, 0) is 0 Å². The van der Waals surface area contributed by atoms with Crippen LogP contribution in [0, 0.1) is 6.92 Å². The molecule has 3 heteroatoms. The molecule has 20 heavy (non-hydrogen) atoms. The highest BCUT2D eigenvalue weighted by atomic mass is 16.5. The van der Waals surface area contributed by atoms with Gasteiger partial charge >= 0.3 is 0 Å². The zero-order valence-electron chi connectivity index (χ0n) is 12.3. The summed E-state index contributed by atoms with van der Waals surface area (Å²) in [6, 6.07) is 16.3. The van der Waals surface area contributed by atoms with Crippen LogP contribution in [0.2, 0.25) is 0 Å². The first-order chi connectivity index (χ1) is 9.61. The average Bonchev–Trinajstić information content (AvgIpc) is 2.43. The van der Waals surface area contributed by atoms with Gasteiger partial charge in [0, 0.05) is 5.56 Å². The Bertz CT molecular complexity index is 549. The second-order valence-corrected chi connectivity index (χ2v) is 5.21. The number of ether oxygens (including phenoxy) is 1. The van der Waals surface area contributed by atoms with Crippen molar-refractivity contribution in [2.24, 2.45) is 5.84 Å². The minimum Gasteiger partial charge on any atom is -0.491 e. The van der Waals surface area contributed by atoms with Crippen molar-refractivity contribution >= 4 is 0 Å². The molecule has 0 bridgehead atoms. The normalized spacial score (nSPS) is 12.4. The predicted octanol–water partition coefficient (Wildman–Crippen LogP) is 3.33. The molecule has 3 nitrogen and oxygen atoms in total. The Morgan fingerprint density at radius 3 is 2.25 bits per heavy atom. The lowest BCUT2D eigenvalue weighted by Crippen LogP contribution is -2.29. The summed E-state index contributed by atoms with van der Waals surface area (Å²) >= 11 is 0. The van der Waals surface area contributed by atoms with Gasteiger partial charge in [0.2, 0.25) is 0 Å². The van der Waals surface area contributed by atoms with Crippen molar-refractivity contribution < 1.29 is 4.74 Å². The van der Waals surface area contributed by atoms with Crippen molar-refractivity contribution in [1.29, 1.82) is 0 Å². The molecule has 0 saturated heterocycles. The highest BCUT2D eigenvalue weighted by molar-refractivity contribution is 5.42. The van der Waals surface area contributed by atoms with Crippen LogP contribution < -0.4 is 16.0 Å². The molecule has 1 atom stereocenters. The second kappa shape index (κ2) is 6.55. The molecule has 106 valence electrons. The third kappa shape index (κ3) is 3.38. The number of nitrogens with two attached hydrogens (primary N) is 1. The zero-order chi connectivity index (χ0) is 14.5. The number of hydrogen-bond donors (Lipinski definition) is 2. The van der Waals surface area contributed by atoms with Gasteiger partial charge < -0.3 is 4.74 Å². The molecule has 0 aliphatic rings. The highest BCUT2D eigenvalue weighted by Gasteiger charge is 2.17. The van der Waals surface area contributed by atoms with Crippen LogP contribution in [0.1, 0.15) is 36.6 Å². The van der Waals surface area contributed by atoms with Gasteiger partial charge in [-0.05, 0) is 32.4 Å². The van der Waals surface area contributed by atoms with Crippen molar-refractivity contribution in [3.8, 4) is 5.75 Å². The van der Waals surface area contributed by atoms with Crippen molar-refractivity contribution in [3.63, 3.8) is 0 Å². The fourth-order valence-electron chi connectivity index (χ4n) is 2.20. The van der Waals surface area contributed by atoms with Crippen LogP contribution in [0.15, 0.2) is 48.5 Å². The van der Waals surface area contributed by atoms with Gasteiger partial charge in [-0.2, -0.15) is 0 Å². The Kier molecular flexibility index (Phi) is 4.77. The fourth-order valence-corrected chi connectivity index (χ4v) is 2.20. The van der Waals surface area contributed by atoms with E-state index in [4.69, 9.17) is 10.6 Å². The van der Waals surface area contributed by atoms with E-state index in [-0.39, 0.29) is 12.1 Å². The lowest BCUT2D eigenvalue weighted by atomic mass is 9.97. The third-order valence-electron chi connectivity index (χ3n) is 3.17. The molecule has 2 rings (SSSR count). The van der Waals surface area contributed by atoms with E-state index in [2.05, 4.69) is 36.6 Å². The summed E-state index contributed by atoms with van der Waals surface area (Å²) in [6.07, 6.45) is 0.132. The second-order valence-electron chi connectivity index (χ2n) is 5.21. The molecule has 1 unspecified atom stereocenters. The van der Waals surface area contributed by atoms with Crippen LogP contribution in [-0.4, -0.2) is 6.10 Å². The Morgan fingerprint density at radius 2 is 1.65 bits per heavy atom. The van der Waals surface area contributed by atoms with E-state index in [1.54, 1.807) is 0 Å². The molecule has 0 saturated carbocycles. The Balaban J connectivity index is 2.38. The van der Waals surface area contributed by atoms with Crippen LogP contribution in [0.5, 0.6) is 5.75 Å². The van der Waals surface area contributed by atoms with Crippen molar-refractivity contribution in [2.45, 2.75) is 32.9 Å². The molecule has 0 fully saturated rings. The van der Waals surface area contributed by atoms with Crippen LogP contribution in [0.4, 0.5) is 0 Å². The first-order valence-corrected chi connectivity index (χ1v) is 6.90. The maximum atomic E-state index is 5.88. The molecule has 2 aromatic rings. The first kappa shape index (κ1) is 14.6. The summed E-state index contributed by atoms with van der Waals surface area (Å²) in [6.45, 7) is 6.12. The molecule has 0 heterocycles. The van der Waals surface area contributed by atoms with Crippen molar-refractivity contribution in [3.05, 3.63) is 65.2 Å². The molecule has 2 aromatic carbocycles. The molecule has 0 aromatic heterocycles. The van der Waals surface area contributed by atoms with Gasteiger partial charge in [0.1, 0.15) is 5.75 Å². The predicted molar refractivity (Wildman–Crippen MR) is 82.6 cm³/mol. The van der Waals surface area contributed by atoms with E-state index < -0.39 is 0 Å². The summed E-state index contributed by atoms with van der Waals surface area (Å²) in [4.78, 5) is 0. The topological polar surface area (TPSA) is 47.3 Å². The Morgan fingerprint density at radius 1 is 1.00 bits per heavy atom. The minimum absolute atomic E-state index is 0.0782. The number of para-hydroxylation sites is 1. The molecule has 0 amide bonds. The summed E-state index contributed by atoms with van der Waals surface area (Å²) in [7, 11) is 0. The summed E-state index contributed by atoms with van der Waals surface area (Å²) in [5.41, 5.74) is 6.29. The van der Waals surface area contributed by atoms with Gasteiger partial charge in [-0.1, -0.05) is 48.0 Å². The SMILES string of the molecule is Cc1ccc(C(NN)c2ccccc2OC(C)C)cc1. The van der Waals surface area contributed by atoms with Crippen LogP contribution >= 0.6 is 0 Å². The number of hydrazine groups is 1. The van der Waals surface area contributed by atoms with E-state index in [0.29, 0.717) is 0 Å². The molecule has 0 aliphatic heterocycles. The smallest absolute Gasteiger partial charge is 0.124 e. The maximum absolute atomic E-state index is 5.88. The lowest BCUT2D eigenvalue weighted by molar-refractivity contribution is 0.238. The monoisotopic (exact) mass is 270 g/mol. The molecule has 0 spiro atoms. The zero-order valence-corrected chi connectivity index (χ0v) is 12.3. The summed E-state index contributed by atoms with van der Waals surface area (Å²) < 4.78 is 5.88. The summed E-state index contributed by atoms with van der Waals surface area (Å²) in [5, 5.41) is 0. The number of rotatable bonds is 5. The van der Waals surface area contributed by atoms with Crippen LogP contribution in [0.25, 0.3) is 0 Å². The molecule has 3 N–H and O–H groups in total. The van der Waals surface area contributed by atoms with Gasteiger partial charge in [0.15, 0.2) is 0 Å². The van der Waals surface area contributed by atoms with E-state index >= 15 is 0 Å². The number of nitrogens with one attached hydrogen (secondary N) is 1. The maximum Gasteiger partial charge on any atom is 0.124 e. The molecule has 0 radical (unpaired) electrons. The molecular formula is C17H22N2O. The molecular weight excluding hydrogens is 248 g/mol. The standard InChI is InChI=1S/C17H22N2O/c1-12(2)20-16-7-5-4-6-15(16)17(19-18)14-10-8-13(3)9-11-14/h4-12,17,19H,18H2,1-3H3. The van der Waals surface area contributed by atoms with Crippen molar-refractivity contribution in [1.82, 2.24) is 5.43 Å². The van der Waals surface area contributed by atoms with Gasteiger partial charge in [-0.15, -0.1) is 0 Å². The van der Waals surface area contributed by atoms with Gasteiger partial charge in [0.05, 0.1) is 12.1 Å². The first-order valence-electron chi connectivity index (χ1n) is 6.90. The summed E-state index contributed by atoms with van der Waals surface area (Å²) in [5.74, 6) is 6.64. The number of aryl methyl sites for hydroxylation is 1. The fraction of sp³-hybridized carbons (Fsp3) is 0.294. The quantitative estimate of drug-likeness (QED) is 0.647. The average molecular weight is 270 g/mol.